The zero-order chi connectivity index (χ0) is 26.5. The molecule has 0 aliphatic carbocycles. The molecule has 0 aromatic heterocycles. The average molecular weight is 502 g/mol. The largest absolute Gasteiger partial charge is 0.507 e. The molecule has 1 aliphatic rings. The van der Waals surface area contributed by atoms with Gasteiger partial charge in [0, 0.05) is 11.3 Å². The van der Waals surface area contributed by atoms with Gasteiger partial charge in [0.2, 0.25) is 0 Å². The second-order valence-corrected chi connectivity index (χ2v) is 8.33. The summed E-state index contributed by atoms with van der Waals surface area (Å²) < 4.78 is 15.6. The first-order chi connectivity index (χ1) is 17.9. The fourth-order valence-electron chi connectivity index (χ4n) is 4.29. The van der Waals surface area contributed by atoms with E-state index in [2.05, 4.69) is 0 Å². The molecule has 0 bridgehead atoms. The summed E-state index contributed by atoms with van der Waals surface area (Å²) in [4.78, 5) is 39.7. The number of carbonyl (C=O) groups is 3. The van der Waals surface area contributed by atoms with E-state index in [1.807, 2.05) is 6.92 Å². The number of hydrogen-bond acceptors (Lipinski definition) is 7. The van der Waals surface area contributed by atoms with Crippen molar-refractivity contribution in [1.82, 2.24) is 0 Å². The monoisotopic (exact) mass is 501 g/mol. The summed E-state index contributed by atoms with van der Waals surface area (Å²) in [5.74, 6) is -1.23. The Hall–Kier alpha value is -4.59. The Morgan fingerprint density at radius 1 is 0.946 bits per heavy atom. The molecular formula is C29H27NO7. The molecule has 3 aromatic carbocycles. The molecular weight excluding hydrogens is 474 g/mol. The molecule has 0 radical (unpaired) electrons. The molecule has 8 heteroatoms. The SMILES string of the molecule is CCOc1cccc(/C(O)=C2/C(=O)C(=O)N(c3ccc(CC(=O)OC)cc3)C2c2cccc(OC)c2)c1. The number of carbonyl (C=O) groups excluding carboxylic acids is 3. The topological polar surface area (TPSA) is 102 Å². The summed E-state index contributed by atoms with van der Waals surface area (Å²) in [5.41, 5.74) is 2.01. The van der Waals surface area contributed by atoms with Crippen molar-refractivity contribution < 1.29 is 33.7 Å². The number of anilines is 1. The minimum Gasteiger partial charge on any atom is -0.507 e. The molecule has 1 atom stereocenters. The van der Waals surface area contributed by atoms with Crippen LogP contribution in [0.2, 0.25) is 0 Å². The summed E-state index contributed by atoms with van der Waals surface area (Å²) in [7, 11) is 2.84. The van der Waals surface area contributed by atoms with Gasteiger partial charge >= 0.3 is 5.97 Å². The van der Waals surface area contributed by atoms with E-state index in [4.69, 9.17) is 14.2 Å². The Labute approximate surface area is 214 Å². The third-order valence-corrected chi connectivity index (χ3v) is 6.06. The Morgan fingerprint density at radius 2 is 1.65 bits per heavy atom. The maximum atomic E-state index is 13.4. The van der Waals surface area contributed by atoms with E-state index in [-0.39, 0.29) is 23.7 Å². The first-order valence-corrected chi connectivity index (χ1v) is 11.7. The molecule has 1 saturated heterocycles. The molecule has 3 aromatic rings. The predicted molar refractivity (Wildman–Crippen MR) is 138 cm³/mol. The molecule has 37 heavy (non-hydrogen) atoms. The molecule has 8 nitrogen and oxygen atoms in total. The highest BCUT2D eigenvalue weighted by Crippen LogP contribution is 2.43. The van der Waals surface area contributed by atoms with E-state index in [1.165, 1.54) is 19.1 Å². The van der Waals surface area contributed by atoms with Crippen LogP contribution in [-0.4, -0.2) is 43.6 Å². The fraction of sp³-hybridized carbons (Fsp3) is 0.207. The highest BCUT2D eigenvalue weighted by Gasteiger charge is 2.47. The number of hydrogen-bond donors (Lipinski definition) is 1. The zero-order valence-corrected chi connectivity index (χ0v) is 20.8. The molecule has 0 saturated carbocycles. The van der Waals surface area contributed by atoms with E-state index >= 15 is 0 Å². The van der Waals surface area contributed by atoms with Crippen LogP contribution in [0, 0.1) is 0 Å². The van der Waals surface area contributed by atoms with Gasteiger partial charge in [0.15, 0.2) is 0 Å². The van der Waals surface area contributed by atoms with Gasteiger partial charge in [0.1, 0.15) is 17.3 Å². The molecule has 1 N–H and O–H groups in total. The maximum absolute atomic E-state index is 13.4. The van der Waals surface area contributed by atoms with Crippen LogP contribution in [0.4, 0.5) is 5.69 Å². The molecule has 1 fully saturated rings. The smallest absolute Gasteiger partial charge is 0.309 e. The van der Waals surface area contributed by atoms with Gasteiger partial charge in [0.25, 0.3) is 11.7 Å². The van der Waals surface area contributed by atoms with Crippen LogP contribution in [0.1, 0.15) is 29.7 Å². The number of ether oxygens (including phenoxy) is 3. The molecule has 1 unspecified atom stereocenters. The molecule has 0 spiro atoms. The van der Waals surface area contributed by atoms with Crippen molar-refractivity contribution in [2.45, 2.75) is 19.4 Å². The van der Waals surface area contributed by atoms with E-state index in [0.29, 0.717) is 40.5 Å². The maximum Gasteiger partial charge on any atom is 0.309 e. The Morgan fingerprint density at radius 3 is 2.32 bits per heavy atom. The Balaban J connectivity index is 1.86. The van der Waals surface area contributed by atoms with Gasteiger partial charge in [-0.25, -0.2) is 0 Å². The summed E-state index contributed by atoms with van der Waals surface area (Å²) in [6.45, 7) is 2.28. The van der Waals surface area contributed by atoms with Crippen LogP contribution < -0.4 is 14.4 Å². The van der Waals surface area contributed by atoms with Crippen LogP contribution >= 0.6 is 0 Å². The number of benzene rings is 3. The third-order valence-electron chi connectivity index (χ3n) is 6.06. The van der Waals surface area contributed by atoms with Crippen LogP contribution in [0.15, 0.2) is 78.4 Å². The zero-order valence-electron chi connectivity index (χ0n) is 20.8. The summed E-state index contributed by atoms with van der Waals surface area (Å²) in [5, 5.41) is 11.3. The number of methoxy groups -OCH3 is 2. The molecule has 4 rings (SSSR count). The standard InChI is InChI=1S/C29H27NO7/c1-4-37-23-10-6-8-20(17-23)27(32)25-26(19-7-5-9-22(16-19)35-2)30(29(34)28(25)33)21-13-11-18(12-14-21)15-24(31)36-3/h5-14,16-17,26,32H,4,15H2,1-3H3/b27-25-. The molecule has 1 amide bonds. The van der Waals surface area contributed by atoms with Crippen molar-refractivity contribution in [3.8, 4) is 11.5 Å². The lowest BCUT2D eigenvalue weighted by atomic mass is 9.95. The minimum atomic E-state index is -0.919. The van der Waals surface area contributed by atoms with Crippen LogP contribution in [0.3, 0.4) is 0 Å². The second-order valence-electron chi connectivity index (χ2n) is 8.33. The van der Waals surface area contributed by atoms with E-state index < -0.39 is 17.7 Å². The lowest BCUT2D eigenvalue weighted by molar-refractivity contribution is -0.139. The van der Waals surface area contributed by atoms with Gasteiger partial charge in [0.05, 0.1) is 38.9 Å². The van der Waals surface area contributed by atoms with Gasteiger partial charge in [-0.15, -0.1) is 0 Å². The molecule has 1 heterocycles. The summed E-state index contributed by atoms with van der Waals surface area (Å²) >= 11 is 0. The fourth-order valence-corrected chi connectivity index (χ4v) is 4.29. The van der Waals surface area contributed by atoms with Crippen molar-refractivity contribution in [1.29, 1.82) is 0 Å². The summed E-state index contributed by atoms with van der Waals surface area (Å²) in [6.07, 6.45) is 0.0745. The number of ketones is 1. The van der Waals surface area contributed by atoms with Gasteiger partial charge in [-0.05, 0) is 54.4 Å². The van der Waals surface area contributed by atoms with Crippen molar-refractivity contribution in [3.63, 3.8) is 0 Å². The van der Waals surface area contributed by atoms with E-state index in [9.17, 15) is 19.5 Å². The number of amides is 1. The number of aliphatic hydroxyl groups excluding tert-OH is 1. The average Bonchev–Trinajstić information content (AvgIpc) is 3.19. The third kappa shape index (κ3) is 5.18. The lowest BCUT2D eigenvalue weighted by Crippen LogP contribution is -2.29. The summed E-state index contributed by atoms with van der Waals surface area (Å²) in [6, 6.07) is 19.5. The number of Topliss-reactive ketones (excluding diaryl/α,β-unsaturated/α-hetero) is 1. The number of esters is 1. The van der Waals surface area contributed by atoms with Crippen molar-refractivity contribution in [2.75, 3.05) is 25.7 Å². The number of nitrogens with zero attached hydrogens (tertiary/aromatic N) is 1. The first-order valence-electron chi connectivity index (χ1n) is 11.7. The molecule has 1 aliphatic heterocycles. The predicted octanol–water partition coefficient (Wildman–Crippen LogP) is 4.44. The quantitative estimate of drug-likeness (QED) is 0.211. The van der Waals surface area contributed by atoms with Crippen LogP contribution in [-0.2, 0) is 25.5 Å². The van der Waals surface area contributed by atoms with Gasteiger partial charge in [-0.1, -0.05) is 36.4 Å². The van der Waals surface area contributed by atoms with Crippen molar-refractivity contribution in [2.24, 2.45) is 0 Å². The molecule has 190 valence electrons. The number of rotatable bonds is 8. The van der Waals surface area contributed by atoms with Gasteiger partial charge in [-0.2, -0.15) is 0 Å². The van der Waals surface area contributed by atoms with Gasteiger partial charge in [-0.3, -0.25) is 19.3 Å². The minimum absolute atomic E-state index is 0.0504. The highest BCUT2D eigenvalue weighted by molar-refractivity contribution is 6.51. The second kappa shape index (κ2) is 11.0. The number of aliphatic hydroxyl groups is 1. The van der Waals surface area contributed by atoms with E-state index in [1.54, 1.807) is 72.8 Å². The van der Waals surface area contributed by atoms with E-state index in [0.717, 1.165) is 0 Å². The highest BCUT2D eigenvalue weighted by atomic mass is 16.5. The Bertz CT molecular complexity index is 1360. The van der Waals surface area contributed by atoms with Crippen molar-refractivity contribution >= 4 is 29.1 Å². The van der Waals surface area contributed by atoms with Gasteiger partial charge < -0.3 is 19.3 Å². The van der Waals surface area contributed by atoms with Crippen molar-refractivity contribution in [3.05, 3.63) is 95.1 Å². The van der Waals surface area contributed by atoms with Crippen LogP contribution in [0.5, 0.6) is 11.5 Å². The normalized spacial score (nSPS) is 16.5. The van der Waals surface area contributed by atoms with Crippen LogP contribution in [0.25, 0.3) is 5.76 Å². The Kier molecular flexibility index (Phi) is 7.57. The lowest BCUT2D eigenvalue weighted by Gasteiger charge is -2.26. The first kappa shape index (κ1) is 25.5.